The first-order valence-electron chi connectivity index (χ1n) is 8.32. The Balaban J connectivity index is 2.63. The average Bonchev–Trinajstić information content (AvgIpc) is 2.72. The number of carbonyl (C=O) groups excluding carboxylic acids is 3. The first-order chi connectivity index (χ1) is 13.0. The summed E-state index contributed by atoms with van der Waals surface area (Å²) in [5.41, 5.74) is 2.04. The van der Waals surface area contributed by atoms with Crippen LogP contribution in [0, 0.1) is 0 Å². The summed E-state index contributed by atoms with van der Waals surface area (Å²) in [4.78, 5) is 35.7. The number of esters is 1. The van der Waals surface area contributed by atoms with Crippen molar-refractivity contribution in [2.75, 3.05) is 7.11 Å². The zero-order valence-electron chi connectivity index (χ0n) is 15.3. The Labute approximate surface area is 157 Å². The highest BCUT2D eigenvalue weighted by Crippen LogP contribution is 2.41. The second kappa shape index (κ2) is 8.76. The van der Waals surface area contributed by atoms with Crippen LogP contribution in [0.4, 0.5) is 0 Å². The van der Waals surface area contributed by atoms with E-state index in [1.54, 1.807) is 43.3 Å². The first kappa shape index (κ1) is 19.8. The van der Waals surface area contributed by atoms with E-state index in [0.29, 0.717) is 11.1 Å². The summed E-state index contributed by atoms with van der Waals surface area (Å²) >= 11 is 0. The van der Waals surface area contributed by atoms with Crippen molar-refractivity contribution >= 4 is 17.5 Å². The molecule has 0 aliphatic carbocycles. The second-order valence-corrected chi connectivity index (χ2v) is 5.56. The van der Waals surface area contributed by atoms with Crippen LogP contribution >= 0.6 is 0 Å². The molecule has 2 aromatic rings. The average molecular weight is 364 g/mol. The fourth-order valence-electron chi connectivity index (χ4n) is 2.52. The summed E-state index contributed by atoms with van der Waals surface area (Å²) in [6.07, 6.45) is 2.54. The number of allylic oxidation sites excluding steroid dienone is 2. The summed E-state index contributed by atoms with van der Waals surface area (Å²) in [6, 6.07) is 10.1. The van der Waals surface area contributed by atoms with Crippen molar-refractivity contribution in [3.63, 3.8) is 0 Å². The highest BCUT2D eigenvalue weighted by atomic mass is 16.6. The Hall–Kier alpha value is -3.47. The van der Waals surface area contributed by atoms with Gasteiger partial charge in [-0.25, -0.2) is 0 Å². The Morgan fingerprint density at radius 3 is 2.07 bits per heavy atom. The van der Waals surface area contributed by atoms with Crippen LogP contribution in [-0.2, 0) is 4.79 Å². The van der Waals surface area contributed by atoms with Gasteiger partial charge in [0, 0.05) is 17.5 Å². The van der Waals surface area contributed by atoms with E-state index in [9.17, 15) is 14.4 Å². The van der Waals surface area contributed by atoms with E-state index in [0.717, 1.165) is 11.6 Å². The zero-order chi connectivity index (χ0) is 20.0. The number of benzene rings is 2. The van der Waals surface area contributed by atoms with E-state index in [4.69, 9.17) is 9.47 Å². The smallest absolute Gasteiger partial charge is 0.311 e. The summed E-state index contributed by atoms with van der Waals surface area (Å²) in [5.74, 6) is -0.746. The summed E-state index contributed by atoms with van der Waals surface area (Å²) in [7, 11) is 1.43. The van der Waals surface area contributed by atoms with Crippen LogP contribution in [0.5, 0.6) is 11.5 Å². The number of ketones is 2. The molecule has 27 heavy (non-hydrogen) atoms. The molecule has 0 aliphatic heterocycles. The van der Waals surface area contributed by atoms with Crippen molar-refractivity contribution in [2.24, 2.45) is 0 Å². The van der Waals surface area contributed by atoms with Crippen LogP contribution in [0.2, 0.25) is 0 Å². The number of methoxy groups -OCH3 is 1. The van der Waals surface area contributed by atoms with Crippen LogP contribution in [0.1, 0.15) is 34.1 Å². The number of rotatable bonds is 8. The van der Waals surface area contributed by atoms with Gasteiger partial charge in [-0.2, -0.15) is 0 Å². The minimum Gasteiger partial charge on any atom is -0.492 e. The molecule has 5 nitrogen and oxygen atoms in total. The lowest BCUT2D eigenvalue weighted by Gasteiger charge is -2.16. The van der Waals surface area contributed by atoms with Crippen LogP contribution in [0.15, 0.2) is 61.7 Å². The van der Waals surface area contributed by atoms with Crippen molar-refractivity contribution in [1.29, 1.82) is 0 Å². The largest absolute Gasteiger partial charge is 0.492 e. The standard InChI is InChI=1S/C22H20O5/c1-5-18(23)15-10-8-14(9-11-15)16-12-13-17(19(24)6-2)22(21(16)26-4)27-20(25)7-3/h5-6,8-13H,1-2,7H2,3-4H3. The molecule has 0 aliphatic rings. The van der Waals surface area contributed by atoms with Crippen LogP contribution < -0.4 is 9.47 Å². The first-order valence-corrected chi connectivity index (χ1v) is 8.32. The molecule has 0 atom stereocenters. The maximum absolute atomic E-state index is 12.2. The molecule has 0 bridgehead atoms. The fourth-order valence-corrected chi connectivity index (χ4v) is 2.52. The quantitative estimate of drug-likeness (QED) is 0.300. The Morgan fingerprint density at radius 1 is 0.926 bits per heavy atom. The van der Waals surface area contributed by atoms with Gasteiger partial charge in [-0.05, 0) is 29.8 Å². The lowest BCUT2D eigenvalue weighted by atomic mass is 9.98. The molecule has 0 aromatic heterocycles. The lowest BCUT2D eigenvalue weighted by molar-refractivity contribution is -0.134. The van der Waals surface area contributed by atoms with Crippen molar-refractivity contribution in [3.05, 3.63) is 72.8 Å². The van der Waals surface area contributed by atoms with Gasteiger partial charge in [-0.15, -0.1) is 0 Å². The molecule has 138 valence electrons. The number of carbonyl (C=O) groups is 3. The van der Waals surface area contributed by atoms with E-state index in [1.807, 2.05) is 0 Å². The molecule has 0 unspecified atom stereocenters. The van der Waals surface area contributed by atoms with Gasteiger partial charge in [0.05, 0.1) is 12.7 Å². The van der Waals surface area contributed by atoms with Gasteiger partial charge in [-0.3, -0.25) is 14.4 Å². The van der Waals surface area contributed by atoms with E-state index in [2.05, 4.69) is 13.2 Å². The third kappa shape index (κ3) is 4.20. The van der Waals surface area contributed by atoms with E-state index in [1.165, 1.54) is 13.2 Å². The van der Waals surface area contributed by atoms with Gasteiger partial charge in [0.2, 0.25) is 0 Å². The summed E-state index contributed by atoms with van der Waals surface area (Å²) in [6.45, 7) is 8.60. The van der Waals surface area contributed by atoms with Crippen molar-refractivity contribution in [3.8, 4) is 22.6 Å². The molecule has 0 spiro atoms. The van der Waals surface area contributed by atoms with Crippen molar-refractivity contribution in [1.82, 2.24) is 0 Å². The maximum atomic E-state index is 12.2. The van der Waals surface area contributed by atoms with Crippen LogP contribution in [0.25, 0.3) is 11.1 Å². The second-order valence-electron chi connectivity index (χ2n) is 5.56. The van der Waals surface area contributed by atoms with Crippen LogP contribution in [-0.4, -0.2) is 24.6 Å². The molecule has 0 radical (unpaired) electrons. The third-order valence-electron chi connectivity index (χ3n) is 3.94. The normalized spacial score (nSPS) is 10.0. The number of ether oxygens (including phenoxy) is 2. The SMILES string of the molecule is C=CC(=O)c1ccc(-c2ccc(C(=O)C=C)c(OC(=O)CC)c2OC)cc1. The van der Waals surface area contributed by atoms with Gasteiger partial charge in [0.1, 0.15) is 0 Å². The van der Waals surface area contributed by atoms with Crippen molar-refractivity contribution < 1.29 is 23.9 Å². The number of hydrogen-bond donors (Lipinski definition) is 0. The predicted octanol–water partition coefficient (Wildman–Crippen LogP) is 4.42. The molecule has 0 saturated carbocycles. The number of hydrogen-bond acceptors (Lipinski definition) is 5. The Kier molecular flexibility index (Phi) is 6.44. The van der Waals surface area contributed by atoms with Crippen LogP contribution in [0.3, 0.4) is 0 Å². The van der Waals surface area contributed by atoms with E-state index >= 15 is 0 Å². The van der Waals surface area contributed by atoms with E-state index < -0.39 is 5.97 Å². The molecular formula is C22H20O5. The lowest BCUT2D eigenvalue weighted by Crippen LogP contribution is -2.11. The highest BCUT2D eigenvalue weighted by Gasteiger charge is 2.22. The minimum atomic E-state index is -0.490. The third-order valence-corrected chi connectivity index (χ3v) is 3.94. The Morgan fingerprint density at radius 2 is 1.56 bits per heavy atom. The molecule has 0 N–H and O–H groups in total. The summed E-state index contributed by atoms with van der Waals surface area (Å²) in [5, 5.41) is 0. The molecule has 2 aromatic carbocycles. The summed E-state index contributed by atoms with van der Waals surface area (Å²) < 4.78 is 10.8. The molecule has 0 heterocycles. The molecule has 0 fully saturated rings. The van der Waals surface area contributed by atoms with Gasteiger partial charge < -0.3 is 9.47 Å². The zero-order valence-corrected chi connectivity index (χ0v) is 15.3. The monoisotopic (exact) mass is 364 g/mol. The highest BCUT2D eigenvalue weighted by molar-refractivity contribution is 6.08. The van der Waals surface area contributed by atoms with Gasteiger partial charge in [0.15, 0.2) is 23.1 Å². The Bertz CT molecular complexity index is 907. The molecule has 0 saturated heterocycles. The molecule has 2 rings (SSSR count). The van der Waals surface area contributed by atoms with Gasteiger partial charge >= 0.3 is 5.97 Å². The maximum Gasteiger partial charge on any atom is 0.311 e. The molecule has 5 heteroatoms. The topological polar surface area (TPSA) is 69.7 Å². The van der Waals surface area contributed by atoms with Gasteiger partial charge in [-0.1, -0.05) is 44.3 Å². The van der Waals surface area contributed by atoms with E-state index in [-0.39, 0.29) is 35.0 Å². The fraction of sp³-hybridized carbons (Fsp3) is 0.136. The minimum absolute atomic E-state index is 0.0537. The molecule has 0 amide bonds. The predicted molar refractivity (Wildman–Crippen MR) is 103 cm³/mol. The molecular weight excluding hydrogens is 344 g/mol. The van der Waals surface area contributed by atoms with Crippen molar-refractivity contribution in [2.45, 2.75) is 13.3 Å². The van der Waals surface area contributed by atoms with Gasteiger partial charge in [0.25, 0.3) is 0 Å².